The molecule has 0 spiro atoms. The second-order valence-corrected chi connectivity index (χ2v) is 4.94. The normalized spacial score (nSPS) is 19.1. The van der Waals surface area contributed by atoms with Crippen molar-refractivity contribution < 1.29 is 4.79 Å². The quantitative estimate of drug-likeness (QED) is 0.773. The van der Waals surface area contributed by atoms with Crippen LogP contribution >= 0.6 is 0 Å². The van der Waals surface area contributed by atoms with Crippen molar-refractivity contribution in [1.29, 1.82) is 0 Å². The van der Waals surface area contributed by atoms with E-state index >= 15 is 0 Å². The lowest BCUT2D eigenvalue weighted by Gasteiger charge is -2.27. The average Bonchev–Trinajstić information content (AvgIpc) is 3.01. The highest BCUT2D eigenvalue weighted by Gasteiger charge is 2.27. The third-order valence-corrected chi connectivity index (χ3v) is 3.57. The lowest BCUT2D eigenvalue weighted by atomic mass is 9.94. The van der Waals surface area contributed by atoms with E-state index in [1.807, 2.05) is 25.1 Å². The molecular formula is C14H17N5O. The number of rotatable bonds is 3. The molecule has 0 aliphatic carbocycles. The summed E-state index contributed by atoms with van der Waals surface area (Å²) in [6, 6.07) is 7.56. The molecule has 20 heavy (non-hydrogen) atoms. The van der Waals surface area contributed by atoms with E-state index < -0.39 is 0 Å². The van der Waals surface area contributed by atoms with E-state index in [0.29, 0.717) is 5.82 Å². The number of fused-ring (bicyclic) bond motifs is 1. The number of carbonyl (C=O) groups is 1. The first-order valence-electron chi connectivity index (χ1n) is 6.72. The van der Waals surface area contributed by atoms with Crippen molar-refractivity contribution in [2.24, 2.45) is 0 Å². The summed E-state index contributed by atoms with van der Waals surface area (Å²) in [4.78, 5) is 16.5. The molecule has 1 aliphatic heterocycles. The summed E-state index contributed by atoms with van der Waals surface area (Å²) in [6.07, 6.45) is 2.39. The molecule has 0 saturated heterocycles. The van der Waals surface area contributed by atoms with Crippen molar-refractivity contribution in [2.45, 2.75) is 25.4 Å². The van der Waals surface area contributed by atoms with Gasteiger partial charge in [0, 0.05) is 6.54 Å². The fraction of sp³-hybridized carbons (Fsp3) is 0.357. The zero-order chi connectivity index (χ0) is 13.9. The highest BCUT2D eigenvalue weighted by molar-refractivity contribution is 5.84. The molecule has 104 valence electrons. The van der Waals surface area contributed by atoms with Gasteiger partial charge >= 0.3 is 0 Å². The number of amides is 1. The first-order chi connectivity index (χ1) is 9.75. The maximum atomic E-state index is 12.4. The molecule has 0 fully saturated rings. The van der Waals surface area contributed by atoms with Gasteiger partial charge in [0.1, 0.15) is 18.2 Å². The fourth-order valence-corrected chi connectivity index (χ4v) is 2.53. The van der Waals surface area contributed by atoms with Crippen LogP contribution in [0.25, 0.3) is 0 Å². The van der Waals surface area contributed by atoms with E-state index in [2.05, 4.69) is 31.9 Å². The Morgan fingerprint density at radius 2 is 2.30 bits per heavy atom. The second-order valence-electron chi connectivity index (χ2n) is 4.94. The molecule has 1 aromatic carbocycles. The Bertz CT molecular complexity index is 595. The molecule has 2 unspecified atom stereocenters. The van der Waals surface area contributed by atoms with Gasteiger partial charge in [-0.05, 0) is 24.5 Å². The Kier molecular flexibility index (Phi) is 3.47. The van der Waals surface area contributed by atoms with E-state index in [1.165, 1.54) is 11.9 Å². The smallest absolute Gasteiger partial charge is 0.242 e. The number of nitrogens with one attached hydrogen (secondary N) is 3. The maximum absolute atomic E-state index is 12.4. The molecule has 0 saturated carbocycles. The number of aromatic amines is 1. The van der Waals surface area contributed by atoms with Gasteiger partial charge in [0.05, 0.1) is 6.04 Å². The van der Waals surface area contributed by atoms with Crippen LogP contribution in [0.15, 0.2) is 30.6 Å². The van der Waals surface area contributed by atoms with Gasteiger partial charge < -0.3 is 10.6 Å². The van der Waals surface area contributed by atoms with E-state index in [9.17, 15) is 4.79 Å². The zero-order valence-corrected chi connectivity index (χ0v) is 11.3. The number of H-pyrrole nitrogens is 1. The number of nitrogens with zero attached hydrogens (tertiary/aromatic N) is 2. The number of benzene rings is 1. The molecule has 2 aromatic rings. The minimum Gasteiger partial charge on any atom is -0.345 e. The van der Waals surface area contributed by atoms with Crippen LogP contribution in [0.1, 0.15) is 36.0 Å². The van der Waals surface area contributed by atoms with Crippen LogP contribution in [0.4, 0.5) is 0 Å². The maximum Gasteiger partial charge on any atom is 0.242 e. The summed E-state index contributed by atoms with van der Waals surface area (Å²) in [5.41, 5.74) is 2.29. The number of carbonyl (C=O) groups excluding carboxylic acids is 1. The number of hydrogen-bond acceptors (Lipinski definition) is 4. The third kappa shape index (κ3) is 2.42. The SMILES string of the molecule is CC(NC(=O)C1NCCc2ccccc21)c1ncn[nH]1. The van der Waals surface area contributed by atoms with E-state index in [1.54, 1.807) is 0 Å². The van der Waals surface area contributed by atoms with E-state index in [0.717, 1.165) is 18.5 Å². The summed E-state index contributed by atoms with van der Waals surface area (Å²) in [6.45, 7) is 2.69. The molecule has 1 aliphatic rings. The summed E-state index contributed by atoms with van der Waals surface area (Å²) >= 11 is 0. The Morgan fingerprint density at radius 3 is 3.10 bits per heavy atom. The Labute approximate surface area is 117 Å². The minimum atomic E-state index is -0.301. The van der Waals surface area contributed by atoms with Gasteiger partial charge in [-0.15, -0.1) is 0 Å². The molecule has 6 heteroatoms. The molecule has 1 amide bonds. The van der Waals surface area contributed by atoms with E-state index in [4.69, 9.17) is 0 Å². The highest BCUT2D eigenvalue weighted by Crippen LogP contribution is 2.23. The minimum absolute atomic E-state index is 0.0407. The standard InChI is InChI=1S/C14H17N5O/c1-9(13-16-8-17-19-13)18-14(20)12-11-5-3-2-4-10(11)6-7-15-12/h2-5,8-9,12,15H,6-7H2,1H3,(H,18,20)(H,16,17,19). The third-order valence-electron chi connectivity index (χ3n) is 3.57. The zero-order valence-electron chi connectivity index (χ0n) is 11.3. The first-order valence-corrected chi connectivity index (χ1v) is 6.72. The van der Waals surface area contributed by atoms with E-state index in [-0.39, 0.29) is 18.0 Å². The average molecular weight is 271 g/mol. The van der Waals surface area contributed by atoms with Crippen molar-refractivity contribution in [2.75, 3.05) is 6.54 Å². The van der Waals surface area contributed by atoms with Crippen LogP contribution in [0.2, 0.25) is 0 Å². The summed E-state index contributed by atoms with van der Waals surface area (Å²) in [5.74, 6) is 0.614. The Hall–Kier alpha value is -2.21. The van der Waals surface area contributed by atoms with Crippen LogP contribution in [-0.4, -0.2) is 27.6 Å². The highest BCUT2D eigenvalue weighted by atomic mass is 16.2. The van der Waals surface area contributed by atoms with Crippen LogP contribution in [-0.2, 0) is 11.2 Å². The molecule has 2 heterocycles. The van der Waals surface area contributed by atoms with Gasteiger partial charge in [-0.3, -0.25) is 9.89 Å². The van der Waals surface area contributed by atoms with Crippen LogP contribution in [0, 0.1) is 0 Å². The lowest BCUT2D eigenvalue weighted by molar-refractivity contribution is -0.124. The molecule has 2 atom stereocenters. The Balaban J connectivity index is 1.75. The molecule has 3 N–H and O–H groups in total. The summed E-state index contributed by atoms with van der Waals surface area (Å²) in [5, 5.41) is 12.8. The lowest BCUT2D eigenvalue weighted by Crippen LogP contribution is -2.42. The molecular weight excluding hydrogens is 254 g/mol. The second kappa shape index (κ2) is 5.42. The first kappa shape index (κ1) is 12.8. The van der Waals surface area contributed by atoms with Gasteiger partial charge in [-0.2, -0.15) is 5.10 Å². The van der Waals surface area contributed by atoms with Crippen molar-refractivity contribution >= 4 is 5.91 Å². The fourth-order valence-electron chi connectivity index (χ4n) is 2.53. The largest absolute Gasteiger partial charge is 0.345 e. The number of hydrogen-bond donors (Lipinski definition) is 3. The van der Waals surface area contributed by atoms with Gasteiger partial charge in [-0.1, -0.05) is 24.3 Å². The van der Waals surface area contributed by atoms with Crippen LogP contribution < -0.4 is 10.6 Å². The van der Waals surface area contributed by atoms with Gasteiger partial charge in [0.25, 0.3) is 0 Å². The Morgan fingerprint density at radius 1 is 1.45 bits per heavy atom. The van der Waals surface area contributed by atoms with Crippen molar-refractivity contribution in [1.82, 2.24) is 25.8 Å². The van der Waals surface area contributed by atoms with Crippen molar-refractivity contribution in [3.63, 3.8) is 0 Å². The van der Waals surface area contributed by atoms with Crippen molar-refractivity contribution in [3.05, 3.63) is 47.5 Å². The monoisotopic (exact) mass is 271 g/mol. The van der Waals surface area contributed by atoms with Gasteiger partial charge in [0.2, 0.25) is 5.91 Å². The van der Waals surface area contributed by atoms with Crippen LogP contribution in [0.3, 0.4) is 0 Å². The molecule has 6 nitrogen and oxygen atoms in total. The topological polar surface area (TPSA) is 82.7 Å². The van der Waals surface area contributed by atoms with Crippen molar-refractivity contribution in [3.8, 4) is 0 Å². The number of aromatic nitrogens is 3. The predicted octanol–water partition coefficient (Wildman–Crippen LogP) is 0.869. The molecule has 0 bridgehead atoms. The van der Waals surface area contributed by atoms with Gasteiger partial charge in [0.15, 0.2) is 0 Å². The summed E-state index contributed by atoms with van der Waals surface area (Å²) < 4.78 is 0. The van der Waals surface area contributed by atoms with Gasteiger partial charge in [-0.25, -0.2) is 4.98 Å². The predicted molar refractivity (Wildman–Crippen MR) is 73.8 cm³/mol. The molecule has 1 aromatic heterocycles. The van der Waals surface area contributed by atoms with Crippen LogP contribution in [0.5, 0.6) is 0 Å². The molecule has 3 rings (SSSR count). The summed E-state index contributed by atoms with van der Waals surface area (Å²) in [7, 11) is 0. The molecule has 0 radical (unpaired) electrons.